The number of rotatable bonds is 3. The van der Waals surface area contributed by atoms with Crippen LogP contribution in [0.25, 0.3) is 0 Å². The van der Waals surface area contributed by atoms with Gasteiger partial charge < -0.3 is 19.6 Å². The molecule has 2 rings (SSSR count). The number of nitrogens with two attached hydrogens (primary N) is 1. The zero-order valence-corrected chi connectivity index (χ0v) is 8.94. The average molecular weight is 211 g/mol. The Bertz CT molecular complexity index is 291. The lowest BCUT2D eigenvalue weighted by Crippen LogP contribution is -2.40. The topological polar surface area (TPSA) is 57.6 Å². The van der Waals surface area contributed by atoms with Gasteiger partial charge in [-0.2, -0.15) is 0 Å². The summed E-state index contributed by atoms with van der Waals surface area (Å²) in [7, 11) is 0. The van der Waals surface area contributed by atoms with Crippen LogP contribution < -0.4 is 5.73 Å². The quantitative estimate of drug-likeness (QED) is 0.828. The molecule has 0 bridgehead atoms. The highest BCUT2D eigenvalue weighted by Crippen LogP contribution is 2.28. The van der Waals surface area contributed by atoms with E-state index in [4.69, 9.17) is 19.6 Å². The average Bonchev–Trinajstić information content (AvgIpc) is 2.70. The Labute approximate surface area is 89.3 Å². The van der Waals surface area contributed by atoms with Gasteiger partial charge in [-0.15, -0.1) is 0 Å². The minimum atomic E-state index is -0.565. The van der Waals surface area contributed by atoms with E-state index in [1.54, 1.807) is 6.26 Å². The molecule has 0 saturated carbocycles. The molecule has 1 aliphatic rings. The number of hydrogen-bond donors (Lipinski definition) is 1. The molecule has 1 unspecified atom stereocenters. The van der Waals surface area contributed by atoms with E-state index in [9.17, 15) is 0 Å². The minimum Gasteiger partial charge on any atom is -0.468 e. The first kappa shape index (κ1) is 10.7. The molecule has 1 saturated heterocycles. The zero-order chi connectivity index (χ0) is 10.7. The summed E-state index contributed by atoms with van der Waals surface area (Å²) in [6.07, 6.45) is 3.19. The lowest BCUT2D eigenvalue weighted by atomic mass is 10.1. The number of furan rings is 1. The lowest BCUT2D eigenvalue weighted by Gasteiger charge is -2.35. The Hall–Kier alpha value is -0.840. The number of hydrogen-bond acceptors (Lipinski definition) is 4. The van der Waals surface area contributed by atoms with Crippen molar-refractivity contribution in [1.29, 1.82) is 0 Å². The van der Waals surface area contributed by atoms with E-state index in [2.05, 4.69) is 0 Å². The van der Waals surface area contributed by atoms with Crippen molar-refractivity contribution >= 4 is 0 Å². The zero-order valence-electron chi connectivity index (χ0n) is 8.94. The predicted octanol–water partition coefficient (Wildman–Crippen LogP) is 1.82. The summed E-state index contributed by atoms with van der Waals surface area (Å²) >= 11 is 0. The van der Waals surface area contributed by atoms with Crippen molar-refractivity contribution in [1.82, 2.24) is 0 Å². The predicted molar refractivity (Wildman–Crippen MR) is 55.2 cm³/mol. The van der Waals surface area contributed by atoms with Crippen LogP contribution >= 0.6 is 0 Å². The molecule has 0 aliphatic carbocycles. The summed E-state index contributed by atoms with van der Waals surface area (Å²) in [5.74, 6) is 0.207. The highest BCUT2D eigenvalue weighted by Gasteiger charge is 2.32. The summed E-state index contributed by atoms with van der Waals surface area (Å²) in [4.78, 5) is 0. The highest BCUT2D eigenvalue weighted by molar-refractivity contribution is 5.04. The maximum atomic E-state index is 6.00. The standard InChI is InChI=1S/C11H17NO3/c1-11(14-6-3-7-15-11)8-9(12)10-4-2-5-13-10/h2,4-5,9H,3,6-8,12H2,1H3. The first-order chi connectivity index (χ1) is 7.20. The fourth-order valence-corrected chi connectivity index (χ4v) is 1.80. The molecule has 1 aromatic rings. The van der Waals surface area contributed by atoms with Crippen LogP contribution in [-0.2, 0) is 9.47 Å². The van der Waals surface area contributed by atoms with Crippen LogP contribution in [0.4, 0.5) is 0 Å². The summed E-state index contributed by atoms with van der Waals surface area (Å²) < 4.78 is 16.4. The Morgan fingerprint density at radius 3 is 2.80 bits per heavy atom. The van der Waals surface area contributed by atoms with E-state index in [1.165, 1.54) is 0 Å². The molecule has 0 aromatic carbocycles. The third-order valence-electron chi connectivity index (χ3n) is 2.60. The summed E-state index contributed by atoms with van der Waals surface area (Å²) in [5.41, 5.74) is 6.00. The maximum Gasteiger partial charge on any atom is 0.167 e. The Kier molecular flexibility index (Phi) is 3.09. The van der Waals surface area contributed by atoms with Crippen LogP contribution in [0.5, 0.6) is 0 Å². The van der Waals surface area contributed by atoms with Gasteiger partial charge in [0.15, 0.2) is 5.79 Å². The van der Waals surface area contributed by atoms with Crippen LogP contribution in [0.2, 0.25) is 0 Å². The van der Waals surface area contributed by atoms with Gasteiger partial charge in [-0.1, -0.05) is 0 Å². The molecule has 84 valence electrons. The lowest BCUT2D eigenvalue weighted by molar-refractivity contribution is -0.261. The van der Waals surface area contributed by atoms with Gasteiger partial charge in [-0.3, -0.25) is 0 Å². The Morgan fingerprint density at radius 2 is 2.20 bits per heavy atom. The second kappa shape index (κ2) is 4.35. The fourth-order valence-electron chi connectivity index (χ4n) is 1.80. The van der Waals surface area contributed by atoms with Gasteiger partial charge in [-0.25, -0.2) is 0 Å². The molecular formula is C11H17NO3. The molecule has 1 aromatic heterocycles. The van der Waals surface area contributed by atoms with Crippen molar-refractivity contribution in [3.05, 3.63) is 24.2 Å². The normalized spacial score (nSPS) is 22.5. The highest BCUT2D eigenvalue weighted by atomic mass is 16.7. The second-order valence-electron chi connectivity index (χ2n) is 4.01. The Balaban J connectivity index is 1.95. The van der Waals surface area contributed by atoms with Gasteiger partial charge in [0.1, 0.15) is 5.76 Å². The van der Waals surface area contributed by atoms with Crippen LogP contribution in [0.3, 0.4) is 0 Å². The van der Waals surface area contributed by atoms with Crippen LogP contribution in [0.1, 0.15) is 31.6 Å². The molecule has 4 nitrogen and oxygen atoms in total. The van der Waals surface area contributed by atoms with Gasteiger partial charge >= 0.3 is 0 Å². The third kappa shape index (κ3) is 2.59. The van der Waals surface area contributed by atoms with Crippen molar-refractivity contribution in [3.8, 4) is 0 Å². The van der Waals surface area contributed by atoms with E-state index < -0.39 is 5.79 Å². The molecule has 1 aliphatic heterocycles. The second-order valence-corrected chi connectivity index (χ2v) is 4.01. The molecule has 0 amide bonds. The molecule has 4 heteroatoms. The third-order valence-corrected chi connectivity index (χ3v) is 2.60. The Morgan fingerprint density at radius 1 is 1.47 bits per heavy atom. The molecule has 15 heavy (non-hydrogen) atoms. The summed E-state index contributed by atoms with van der Waals surface area (Å²) in [6.45, 7) is 3.40. The molecule has 0 spiro atoms. The van der Waals surface area contributed by atoms with Crippen LogP contribution in [0, 0.1) is 0 Å². The molecule has 1 fully saturated rings. The largest absolute Gasteiger partial charge is 0.468 e. The molecule has 2 N–H and O–H groups in total. The molecule has 2 heterocycles. The van der Waals surface area contributed by atoms with Crippen molar-refractivity contribution in [3.63, 3.8) is 0 Å². The van der Waals surface area contributed by atoms with E-state index in [0.717, 1.165) is 25.4 Å². The van der Waals surface area contributed by atoms with E-state index in [0.29, 0.717) is 6.42 Å². The molecular weight excluding hydrogens is 194 g/mol. The van der Waals surface area contributed by atoms with Gasteiger partial charge in [-0.05, 0) is 25.5 Å². The molecule has 0 radical (unpaired) electrons. The molecule has 1 atom stereocenters. The smallest absolute Gasteiger partial charge is 0.167 e. The van der Waals surface area contributed by atoms with Crippen molar-refractivity contribution in [2.75, 3.05) is 13.2 Å². The first-order valence-electron chi connectivity index (χ1n) is 5.26. The van der Waals surface area contributed by atoms with Gasteiger partial charge in [0.25, 0.3) is 0 Å². The van der Waals surface area contributed by atoms with E-state index >= 15 is 0 Å². The van der Waals surface area contributed by atoms with Crippen molar-refractivity contribution in [2.45, 2.75) is 31.6 Å². The minimum absolute atomic E-state index is 0.178. The summed E-state index contributed by atoms with van der Waals surface area (Å²) in [5, 5.41) is 0. The fraction of sp³-hybridized carbons (Fsp3) is 0.636. The monoisotopic (exact) mass is 211 g/mol. The summed E-state index contributed by atoms with van der Waals surface area (Å²) in [6, 6.07) is 3.53. The van der Waals surface area contributed by atoms with Crippen molar-refractivity contribution < 1.29 is 13.9 Å². The van der Waals surface area contributed by atoms with Crippen LogP contribution in [-0.4, -0.2) is 19.0 Å². The first-order valence-corrected chi connectivity index (χ1v) is 5.26. The van der Waals surface area contributed by atoms with Crippen LogP contribution in [0.15, 0.2) is 22.8 Å². The van der Waals surface area contributed by atoms with Crippen molar-refractivity contribution in [2.24, 2.45) is 5.73 Å². The van der Waals surface area contributed by atoms with E-state index in [-0.39, 0.29) is 6.04 Å². The maximum absolute atomic E-state index is 6.00. The number of ether oxygens (including phenoxy) is 2. The van der Waals surface area contributed by atoms with Gasteiger partial charge in [0.05, 0.1) is 25.5 Å². The van der Waals surface area contributed by atoms with Gasteiger partial charge in [0.2, 0.25) is 0 Å². The van der Waals surface area contributed by atoms with E-state index in [1.807, 2.05) is 19.1 Å². The van der Waals surface area contributed by atoms with Gasteiger partial charge in [0, 0.05) is 6.42 Å². The SMILES string of the molecule is CC1(CC(N)c2ccco2)OCCCO1.